The van der Waals surface area contributed by atoms with Crippen molar-refractivity contribution in [1.82, 2.24) is 0 Å². The van der Waals surface area contributed by atoms with Gasteiger partial charge in [0, 0.05) is 11.7 Å². The number of anilines is 1. The maximum absolute atomic E-state index is 6.11. The van der Waals surface area contributed by atoms with E-state index in [0.717, 1.165) is 5.69 Å². The smallest absolute Gasteiger partial charge is 0.0612 e. The molecular formula is C18H27Cl2N. The number of halogens is 2. The van der Waals surface area contributed by atoms with Crippen LogP contribution < -0.4 is 5.32 Å². The summed E-state index contributed by atoms with van der Waals surface area (Å²) < 4.78 is 0. The van der Waals surface area contributed by atoms with E-state index in [2.05, 4.69) is 5.32 Å². The molecule has 1 aliphatic carbocycles. The first kappa shape index (κ1) is 17.0. The lowest BCUT2D eigenvalue weighted by molar-refractivity contribution is 0.480. The fraction of sp³-hybridized carbons (Fsp3) is 0.667. The van der Waals surface area contributed by atoms with Crippen molar-refractivity contribution in [3.63, 3.8) is 0 Å². The molecule has 1 aromatic rings. The van der Waals surface area contributed by atoms with E-state index in [1.165, 1.54) is 70.6 Å². The molecule has 0 bridgehead atoms. The molecule has 0 radical (unpaired) electrons. The Kier molecular flexibility index (Phi) is 7.74. The summed E-state index contributed by atoms with van der Waals surface area (Å²) in [6.45, 7) is 0. The second-order valence-corrected chi connectivity index (χ2v) is 7.04. The molecule has 0 amide bonds. The lowest BCUT2D eigenvalue weighted by Crippen LogP contribution is -2.19. The second kappa shape index (κ2) is 9.58. The minimum atomic E-state index is 0.571. The Morgan fingerprint density at radius 3 is 1.76 bits per heavy atom. The van der Waals surface area contributed by atoms with E-state index in [1.54, 1.807) is 0 Å². The molecule has 0 spiro atoms. The summed E-state index contributed by atoms with van der Waals surface area (Å²) in [5.74, 6) is 0. The summed E-state index contributed by atoms with van der Waals surface area (Å²) in [7, 11) is 0. The Bertz CT molecular complexity index is 408. The van der Waals surface area contributed by atoms with Gasteiger partial charge in [-0.2, -0.15) is 0 Å². The van der Waals surface area contributed by atoms with Crippen molar-refractivity contribution in [2.45, 2.75) is 76.7 Å². The fourth-order valence-electron chi connectivity index (χ4n) is 3.13. The van der Waals surface area contributed by atoms with Gasteiger partial charge in [-0.15, -0.1) is 0 Å². The van der Waals surface area contributed by atoms with Gasteiger partial charge in [-0.3, -0.25) is 0 Å². The Morgan fingerprint density at radius 1 is 0.714 bits per heavy atom. The first-order valence-electron chi connectivity index (χ1n) is 8.47. The molecule has 0 aromatic heterocycles. The minimum absolute atomic E-state index is 0.571. The van der Waals surface area contributed by atoms with Crippen LogP contribution in [0.2, 0.25) is 10.0 Å². The van der Waals surface area contributed by atoms with Crippen molar-refractivity contribution in [2.75, 3.05) is 5.32 Å². The molecule has 0 saturated heterocycles. The van der Waals surface area contributed by atoms with Crippen LogP contribution in [-0.4, -0.2) is 6.04 Å². The van der Waals surface area contributed by atoms with Crippen molar-refractivity contribution >= 4 is 28.9 Å². The van der Waals surface area contributed by atoms with Gasteiger partial charge >= 0.3 is 0 Å². The van der Waals surface area contributed by atoms with Crippen molar-refractivity contribution in [1.29, 1.82) is 0 Å². The predicted octanol–water partition coefficient (Wildman–Crippen LogP) is 7.08. The lowest BCUT2D eigenvalue weighted by Gasteiger charge is -2.21. The van der Waals surface area contributed by atoms with Crippen LogP contribution in [0.3, 0.4) is 0 Å². The summed E-state index contributed by atoms with van der Waals surface area (Å²) >= 11 is 12.1. The van der Waals surface area contributed by atoms with E-state index in [4.69, 9.17) is 23.2 Å². The summed E-state index contributed by atoms with van der Waals surface area (Å²) in [6, 6.07) is 6.42. The van der Waals surface area contributed by atoms with Crippen LogP contribution in [0, 0.1) is 0 Å². The van der Waals surface area contributed by atoms with Gasteiger partial charge in [0.2, 0.25) is 0 Å². The standard InChI is InChI=1S/C18H27Cl2N/c19-17-13-12-16(14-18(17)20)21-15-10-8-6-4-2-1-3-5-7-9-11-15/h12-15,21H,1-11H2. The van der Waals surface area contributed by atoms with Crippen LogP contribution in [0.25, 0.3) is 0 Å². The first-order valence-corrected chi connectivity index (χ1v) is 9.23. The zero-order chi connectivity index (χ0) is 14.9. The molecule has 1 saturated carbocycles. The highest BCUT2D eigenvalue weighted by Gasteiger charge is 2.10. The normalized spacial score (nSPS) is 19.5. The van der Waals surface area contributed by atoms with Gasteiger partial charge in [0.1, 0.15) is 0 Å². The third-order valence-corrected chi connectivity index (χ3v) is 5.13. The Morgan fingerprint density at radius 2 is 1.24 bits per heavy atom. The number of rotatable bonds is 2. The van der Waals surface area contributed by atoms with E-state index >= 15 is 0 Å². The van der Waals surface area contributed by atoms with Gasteiger partial charge in [-0.05, 0) is 31.0 Å². The summed E-state index contributed by atoms with van der Waals surface area (Å²) in [6.07, 6.45) is 15.0. The molecule has 1 fully saturated rings. The third kappa shape index (κ3) is 6.48. The van der Waals surface area contributed by atoms with Gasteiger partial charge < -0.3 is 5.32 Å². The average molecular weight is 328 g/mol. The number of hydrogen-bond acceptors (Lipinski definition) is 1. The maximum atomic E-state index is 6.11. The molecule has 0 heterocycles. The number of nitrogens with one attached hydrogen (secondary N) is 1. The van der Waals surface area contributed by atoms with E-state index in [9.17, 15) is 0 Å². The van der Waals surface area contributed by atoms with Crippen molar-refractivity contribution in [3.05, 3.63) is 28.2 Å². The molecular weight excluding hydrogens is 301 g/mol. The Hall–Kier alpha value is -0.400. The number of hydrogen-bond donors (Lipinski definition) is 1. The average Bonchev–Trinajstić information content (AvgIpc) is 2.46. The highest BCUT2D eigenvalue weighted by atomic mass is 35.5. The Labute approximate surface area is 139 Å². The predicted molar refractivity (Wildman–Crippen MR) is 94.7 cm³/mol. The minimum Gasteiger partial charge on any atom is -0.382 e. The van der Waals surface area contributed by atoms with E-state index in [-0.39, 0.29) is 0 Å². The molecule has 21 heavy (non-hydrogen) atoms. The fourth-order valence-corrected chi connectivity index (χ4v) is 3.43. The zero-order valence-corrected chi connectivity index (χ0v) is 14.4. The van der Waals surface area contributed by atoms with Crippen LogP contribution in [-0.2, 0) is 0 Å². The molecule has 1 aromatic carbocycles. The van der Waals surface area contributed by atoms with Gasteiger partial charge in [0.15, 0.2) is 0 Å². The van der Waals surface area contributed by atoms with E-state index in [0.29, 0.717) is 16.1 Å². The zero-order valence-electron chi connectivity index (χ0n) is 12.8. The molecule has 0 aliphatic heterocycles. The van der Waals surface area contributed by atoms with Crippen LogP contribution in [0.4, 0.5) is 5.69 Å². The highest BCUT2D eigenvalue weighted by molar-refractivity contribution is 6.42. The van der Waals surface area contributed by atoms with Gasteiger partial charge in [-0.1, -0.05) is 81.0 Å². The third-order valence-electron chi connectivity index (χ3n) is 4.40. The van der Waals surface area contributed by atoms with Crippen LogP contribution in [0.1, 0.15) is 70.6 Å². The molecule has 3 heteroatoms. The quantitative estimate of drug-likeness (QED) is 0.611. The summed E-state index contributed by atoms with van der Waals surface area (Å²) in [4.78, 5) is 0. The largest absolute Gasteiger partial charge is 0.382 e. The second-order valence-electron chi connectivity index (χ2n) is 6.23. The maximum Gasteiger partial charge on any atom is 0.0612 e. The molecule has 2 rings (SSSR count). The van der Waals surface area contributed by atoms with Crippen molar-refractivity contribution in [3.8, 4) is 0 Å². The molecule has 0 unspecified atom stereocenters. The summed E-state index contributed by atoms with van der Waals surface area (Å²) in [5.41, 5.74) is 1.10. The van der Waals surface area contributed by atoms with Crippen LogP contribution >= 0.6 is 23.2 Å². The molecule has 118 valence electrons. The molecule has 0 atom stereocenters. The monoisotopic (exact) mass is 327 g/mol. The number of benzene rings is 1. The molecule has 1 nitrogen and oxygen atoms in total. The topological polar surface area (TPSA) is 12.0 Å². The molecule has 1 aliphatic rings. The first-order chi connectivity index (χ1) is 10.3. The SMILES string of the molecule is Clc1ccc(NC2CCCCCCCCCCC2)cc1Cl. The van der Waals surface area contributed by atoms with Crippen LogP contribution in [0.5, 0.6) is 0 Å². The highest BCUT2D eigenvalue weighted by Crippen LogP contribution is 2.27. The van der Waals surface area contributed by atoms with Gasteiger partial charge in [0.25, 0.3) is 0 Å². The van der Waals surface area contributed by atoms with Gasteiger partial charge in [-0.25, -0.2) is 0 Å². The summed E-state index contributed by atoms with van der Waals surface area (Å²) in [5, 5.41) is 4.92. The molecule has 1 N–H and O–H groups in total. The Balaban J connectivity index is 1.88. The lowest BCUT2D eigenvalue weighted by atomic mass is 9.98. The van der Waals surface area contributed by atoms with Crippen molar-refractivity contribution in [2.24, 2.45) is 0 Å². The van der Waals surface area contributed by atoms with Crippen LogP contribution in [0.15, 0.2) is 18.2 Å². The van der Waals surface area contributed by atoms with Gasteiger partial charge in [0.05, 0.1) is 10.0 Å². The van der Waals surface area contributed by atoms with E-state index in [1.807, 2.05) is 18.2 Å². The van der Waals surface area contributed by atoms with Crippen molar-refractivity contribution < 1.29 is 0 Å². The van der Waals surface area contributed by atoms with E-state index < -0.39 is 0 Å².